The van der Waals surface area contributed by atoms with Crippen molar-refractivity contribution >= 4 is 0 Å². The van der Waals surface area contributed by atoms with Crippen LogP contribution in [0.5, 0.6) is 0 Å². The van der Waals surface area contributed by atoms with Crippen LogP contribution in [0.4, 0.5) is 13.2 Å². The molecule has 0 heterocycles. The third kappa shape index (κ3) is 2.24. The van der Waals surface area contributed by atoms with Crippen molar-refractivity contribution in [3.8, 4) is 0 Å². The minimum atomic E-state index is -4.54. The second-order valence-corrected chi connectivity index (χ2v) is 9.94. The van der Waals surface area contributed by atoms with E-state index in [0.717, 1.165) is 38.5 Å². The normalized spacial score (nSPS) is 56.0. The molecular weight excluding hydrogens is 329 g/mol. The first-order valence-corrected chi connectivity index (χ1v) is 10.00. The fraction of sp³-hybridized carbons (Fsp3) is 1.00. The van der Waals surface area contributed by atoms with E-state index in [1.54, 1.807) is 6.92 Å². The van der Waals surface area contributed by atoms with Gasteiger partial charge in [-0.2, -0.15) is 13.2 Å². The third-order valence-electron chi connectivity index (χ3n) is 9.26. The van der Waals surface area contributed by atoms with E-state index in [0.29, 0.717) is 30.6 Å². The number of aliphatic hydroxyl groups excluding tert-OH is 1. The lowest BCUT2D eigenvalue weighted by molar-refractivity contribution is -0.304. The number of aliphatic hydroxyl groups is 2. The molecule has 144 valence electrons. The van der Waals surface area contributed by atoms with Gasteiger partial charge in [-0.3, -0.25) is 0 Å². The van der Waals surface area contributed by atoms with Gasteiger partial charge in [-0.25, -0.2) is 0 Å². The van der Waals surface area contributed by atoms with Crippen molar-refractivity contribution < 1.29 is 23.4 Å². The van der Waals surface area contributed by atoms with Crippen LogP contribution in [0, 0.1) is 34.5 Å². The summed E-state index contributed by atoms with van der Waals surface area (Å²) in [4.78, 5) is 0. The molecule has 4 aliphatic carbocycles. The first kappa shape index (κ1) is 18.1. The van der Waals surface area contributed by atoms with E-state index in [4.69, 9.17) is 0 Å². The second-order valence-electron chi connectivity index (χ2n) is 9.94. The maximum absolute atomic E-state index is 13.7. The molecule has 4 rings (SSSR count). The average Bonchev–Trinajstić information content (AvgIpc) is 2.81. The van der Waals surface area contributed by atoms with Gasteiger partial charge in [0.2, 0.25) is 0 Å². The third-order valence-corrected chi connectivity index (χ3v) is 9.26. The van der Waals surface area contributed by atoms with Crippen LogP contribution in [0.25, 0.3) is 0 Å². The van der Waals surface area contributed by atoms with E-state index in [2.05, 4.69) is 6.92 Å². The Balaban J connectivity index is 1.65. The van der Waals surface area contributed by atoms with Gasteiger partial charge < -0.3 is 10.2 Å². The fourth-order valence-corrected chi connectivity index (χ4v) is 7.72. The molecule has 0 aromatic carbocycles. The molecular formula is C20H31F3O2. The summed E-state index contributed by atoms with van der Waals surface area (Å²) in [5.74, 6) is 1.23. The van der Waals surface area contributed by atoms with Gasteiger partial charge >= 0.3 is 6.18 Å². The summed E-state index contributed by atoms with van der Waals surface area (Å²) in [6.45, 7) is 4.03. The largest absolute Gasteiger partial charge is 0.417 e. The molecule has 4 fully saturated rings. The zero-order chi connectivity index (χ0) is 18.3. The van der Waals surface area contributed by atoms with Gasteiger partial charge in [-0.05, 0) is 86.9 Å². The molecule has 0 spiro atoms. The Morgan fingerprint density at radius 1 is 0.880 bits per heavy atom. The van der Waals surface area contributed by atoms with Gasteiger partial charge in [0.15, 0.2) is 5.60 Å². The molecule has 3 unspecified atom stereocenters. The summed E-state index contributed by atoms with van der Waals surface area (Å²) >= 11 is 0. The summed E-state index contributed by atoms with van der Waals surface area (Å²) in [6, 6.07) is 0. The van der Waals surface area contributed by atoms with E-state index in [-0.39, 0.29) is 23.9 Å². The smallest absolute Gasteiger partial charge is 0.393 e. The van der Waals surface area contributed by atoms with Crippen molar-refractivity contribution in [2.45, 2.75) is 89.5 Å². The molecule has 0 bridgehead atoms. The van der Waals surface area contributed by atoms with Gasteiger partial charge in [0.05, 0.1) is 6.10 Å². The Bertz CT molecular complexity index is 550. The highest BCUT2D eigenvalue weighted by Gasteiger charge is 2.72. The van der Waals surface area contributed by atoms with Crippen molar-refractivity contribution in [3.63, 3.8) is 0 Å². The molecule has 0 aromatic heterocycles. The zero-order valence-electron chi connectivity index (χ0n) is 15.3. The van der Waals surface area contributed by atoms with Gasteiger partial charge in [0.25, 0.3) is 0 Å². The molecule has 8 atom stereocenters. The van der Waals surface area contributed by atoms with E-state index in [1.807, 2.05) is 0 Å². The molecule has 0 aromatic rings. The Morgan fingerprint density at radius 2 is 1.56 bits per heavy atom. The summed E-state index contributed by atoms with van der Waals surface area (Å²) in [5.41, 5.74) is -3.40. The van der Waals surface area contributed by atoms with Crippen LogP contribution in [0.15, 0.2) is 0 Å². The Morgan fingerprint density at radius 3 is 2.24 bits per heavy atom. The van der Waals surface area contributed by atoms with Crippen molar-refractivity contribution in [2.24, 2.45) is 34.5 Å². The quantitative estimate of drug-likeness (QED) is 0.658. The van der Waals surface area contributed by atoms with Crippen LogP contribution in [0.3, 0.4) is 0 Å². The SMILES string of the molecule is C[C@]12CCC3C(CC[C@H]4C[C@@H](O)CC[C@]34C)C1CC[C@@]2(O)C(F)(F)F. The summed E-state index contributed by atoms with van der Waals surface area (Å²) in [5, 5.41) is 20.7. The molecule has 2 N–H and O–H groups in total. The molecule has 0 saturated heterocycles. The van der Waals surface area contributed by atoms with Crippen LogP contribution in [0.1, 0.15) is 71.6 Å². The zero-order valence-corrected chi connectivity index (χ0v) is 15.3. The van der Waals surface area contributed by atoms with Gasteiger partial charge in [0, 0.05) is 5.41 Å². The number of hydrogen-bond acceptors (Lipinski definition) is 2. The van der Waals surface area contributed by atoms with Crippen LogP contribution < -0.4 is 0 Å². The maximum atomic E-state index is 13.7. The van der Waals surface area contributed by atoms with Crippen molar-refractivity contribution in [2.75, 3.05) is 0 Å². The first-order chi connectivity index (χ1) is 11.5. The first-order valence-electron chi connectivity index (χ1n) is 10.00. The summed E-state index contributed by atoms with van der Waals surface area (Å²) < 4.78 is 41.1. The average molecular weight is 360 g/mol. The predicted octanol–water partition coefficient (Wildman–Crippen LogP) is 4.68. The number of rotatable bonds is 0. The molecule has 0 amide bonds. The maximum Gasteiger partial charge on any atom is 0.417 e. The standard InChI is InChI=1S/C20H31F3O2/c1-17-8-5-13(24)11-12(17)3-4-14-15(17)6-9-18(2)16(14)7-10-19(18,25)20(21,22)23/h12-16,24-25H,3-11H2,1-2H3/t12-,13-,14?,15?,16?,17-,18-,19-/m0/s1. The number of halogens is 3. The molecule has 25 heavy (non-hydrogen) atoms. The highest BCUT2D eigenvalue weighted by molar-refractivity contribution is 5.16. The van der Waals surface area contributed by atoms with E-state index in [9.17, 15) is 23.4 Å². The fourth-order valence-electron chi connectivity index (χ4n) is 7.72. The van der Waals surface area contributed by atoms with E-state index < -0.39 is 17.2 Å². The lowest BCUT2D eigenvalue weighted by Crippen LogP contribution is -2.60. The molecule has 4 aliphatic rings. The summed E-state index contributed by atoms with van der Waals surface area (Å²) in [7, 11) is 0. The Kier molecular flexibility index (Phi) is 3.89. The minimum absolute atomic E-state index is 0.0255. The van der Waals surface area contributed by atoms with Crippen LogP contribution in [0.2, 0.25) is 0 Å². The van der Waals surface area contributed by atoms with Gasteiger partial charge in [-0.15, -0.1) is 0 Å². The number of hydrogen-bond donors (Lipinski definition) is 2. The van der Waals surface area contributed by atoms with Gasteiger partial charge in [0.1, 0.15) is 0 Å². The van der Waals surface area contributed by atoms with Crippen LogP contribution in [-0.2, 0) is 0 Å². The lowest BCUT2D eigenvalue weighted by Gasteiger charge is -2.61. The highest BCUT2D eigenvalue weighted by atomic mass is 19.4. The molecule has 0 aliphatic heterocycles. The lowest BCUT2D eigenvalue weighted by atomic mass is 9.44. The molecule has 2 nitrogen and oxygen atoms in total. The van der Waals surface area contributed by atoms with E-state index >= 15 is 0 Å². The second kappa shape index (κ2) is 5.37. The molecule has 5 heteroatoms. The number of fused-ring (bicyclic) bond motifs is 5. The van der Waals surface area contributed by atoms with Gasteiger partial charge in [-0.1, -0.05) is 13.8 Å². The van der Waals surface area contributed by atoms with Crippen molar-refractivity contribution in [3.05, 3.63) is 0 Å². The molecule has 4 saturated carbocycles. The van der Waals surface area contributed by atoms with Crippen molar-refractivity contribution in [1.82, 2.24) is 0 Å². The monoisotopic (exact) mass is 360 g/mol. The Hall–Kier alpha value is -0.290. The van der Waals surface area contributed by atoms with Crippen LogP contribution in [-0.4, -0.2) is 28.1 Å². The Labute approximate surface area is 148 Å². The minimum Gasteiger partial charge on any atom is -0.393 e. The highest BCUT2D eigenvalue weighted by Crippen LogP contribution is 2.70. The molecule has 0 radical (unpaired) electrons. The van der Waals surface area contributed by atoms with E-state index in [1.165, 1.54) is 0 Å². The van der Waals surface area contributed by atoms with Crippen LogP contribution >= 0.6 is 0 Å². The topological polar surface area (TPSA) is 40.5 Å². The summed E-state index contributed by atoms with van der Waals surface area (Å²) in [6.07, 6.45) is 1.53. The predicted molar refractivity (Wildman–Crippen MR) is 88.7 cm³/mol. The number of alkyl halides is 3. The van der Waals surface area contributed by atoms with Crippen molar-refractivity contribution in [1.29, 1.82) is 0 Å².